The smallest absolute Gasteiger partial charge is 0.233 e. The number of imidazole rings is 1. The molecule has 1 fully saturated rings. The zero-order valence-electron chi connectivity index (χ0n) is 13.5. The van der Waals surface area contributed by atoms with Gasteiger partial charge in [-0.2, -0.15) is 0 Å². The fourth-order valence-electron chi connectivity index (χ4n) is 2.76. The normalized spacial score (nSPS) is 21.6. The number of methoxy groups -OCH3 is 1. The zero-order chi connectivity index (χ0) is 16.4. The summed E-state index contributed by atoms with van der Waals surface area (Å²) in [4.78, 5) is 22.0. The summed E-state index contributed by atoms with van der Waals surface area (Å²) in [6, 6.07) is 5.68. The van der Waals surface area contributed by atoms with Crippen LogP contribution in [0.5, 0.6) is 5.75 Å². The number of aromatic amines is 1. The van der Waals surface area contributed by atoms with Gasteiger partial charge in [-0.05, 0) is 26.0 Å². The van der Waals surface area contributed by atoms with Gasteiger partial charge in [-0.25, -0.2) is 4.98 Å². The van der Waals surface area contributed by atoms with Crippen molar-refractivity contribution in [1.29, 1.82) is 0 Å². The number of ether oxygens (including phenoxy) is 2. The summed E-state index contributed by atoms with van der Waals surface area (Å²) < 4.78 is 10.9. The van der Waals surface area contributed by atoms with Crippen molar-refractivity contribution in [2.45, 2.75) is 31.2 Å². The molecule has 3 rings (SSSR count). The van der Waals surface area contributed by atoms with Crippen LogP contribution in [0.1, 0.15) is 13.8 Å². The van der Waals surface area contributed by atoms with E-state index in [0.29, 0.717) is 18.8 Å². The molecule has 1 saturated heterocycles. The number of nitrogens with zero attached hydrogens (tertiary/aromatic N) is 2. The minimum atomic E-state index is 0.0892. The summed E-state index contributed by atoms with van der Waals surface area (Å²) in [5.41, 5.74) is 1.78. The average molecular weight is 335 g/mol. The van der Waals surface area contributed by atoms with E-state index >= 15 is 0 Å². The van der Waals surface area contributed by atoms with E-state index in [1.165, 1.54) is 11.8 Å². The van der Waals surface area contributed by atoms with E-state index in [2.05, 4.69) is 9.97 Å². The molecular formula is C16H21N3O3S. The van der Waals surface area contributed by atoms with Gasteiger partial charge in [0.25, 0.3) is 0 Å². The van der Waals surface area contributed by atoms with E-state index in [1.807, 2.05) is 36.9 Å². The van der Waals surface area contributed by atoms with Crippen LogP contribution in [-0.4, -0.2) is 58.9 Å². The summed E-state index contributed by atoms with van der Waals surface area (Å²) in [6.07, 6.45) is 0.178. The molecule has 0 bridgehead atoms. The Labute approximate surface area is 139 Å². The Hall–Kier alpha value is -1.73. The highest BCUT2D eigenvalue weighted by Crippen LogP contribution is 2.23. The van der Waals surface area contributed by atoms with Crippen molar-refractivity contribution in [1.82, 2.24) is 14.9 Å². The minimum absolute atomic E-state index is 0.0892. The zero-order valence-corrected chi connectivity index (χ0v) is 14.4. The molecule has 2 aromatic rings. The summed E-state index contributed by atoms with van der Waals surface area (Å²) in [5.74, 6) is 1.27. The van der Waals surface area contributed by atoms with Gasteiger partial charge in [-0.3, -0.25) is 4.79 Å². The van der Waals surface area contributed by atoms with Crippen LogP contribution in [0.4, 0.5) is 0 Å². The Morgan fingerprint density at radius 2 is 2.17 bits per heavy atom. The second-order valence-corrected chi connectivity index (χ2v) is 6.73. The number of rotatable bonds is 4. The van der Waals surface area contributed by atoms with Gasteiger partial charge >= 0.3 is 0 Å². The third-order valence-electron chi connectivity index (χ3n) is 3.77. The molecule has 0 aliphatic carbocycles. The van der Waals surface area contributed by atoms with Gasteiger partial charge < -0.3 is 19.4 Å². The first-order chi connectivity index (χ1) is 11.0. The van der Waals surface area contributed by atoms with Crippen molar-refractivity contribution in [3.05, 3.63) is 18.2 Å². The number of amides is 1. The molecule has 1 aromatic heterocycles. The van der Waals surface area contributed by atoms with Gasteiger partial charge in [0.15, 0.2) is 5.16 Å². The Bertz CT molecular complexity index is 693. The van der Waals surface area contributed by atoms with Crippen molar-refractivity contribution in [3.8, 4) is 5.75 Å². The second kappa shape index (κ2) is 6.80. The molecule has 7 heteroatoms. The van der Waals surface area contributed by atoms with Crippen LogP contribution in [-0.2, 0) is 9.53 Å². The molecule has 2 unspecified atom stereocenters. The minimum Gasteiger partial charge on any atom is -0.497 e. The Morgan fingerprint density at radius 3 is 2.87 bits per heavy atom. The number of hydrogen-bond acceptors (Lipinski definition) is 5. The van der Waals surface area contributed by atoms with E-state index in [-0.39, 0.29) is 18.1 Å². The maximum atomic E-state index is 12.4. The first-order valence-electron chi connectivity index (χ1n) is 7.65. The third-order valence-corrected chi connectivity index (χ3v) is 4.63. The van der Waals surface area contributed by atoms with Crippen LogP contribution in [0.25, 0.3) is 11.0 Å². The summed E-state index contributed by atoms with van der Waals surface area (Å²) in [5, 5.41) is 0.746. The summed E-state index contributed by atoms with van der Waals surface area (Å²) in [7, 11) is 1.64. The maximum Gasteiger partial charge on any atom is 0.233 e. The molecule has 0 saturated carbocycles. The number of H-pyrrole nitrogens is 1. The van der Waals surface area contributed by atoms with Gasteiger partial charge in [0.05, 0.1) is 36.1 Å². The lowest BCUT2D eigenvalue weighted by Gasteiger charge is -2.35. The first kappa shape index (κ1) is 16.1. The fourth-order valence-corrected chi connectivity index (χ4v) is 3.55. The highest BCUT2D eigenvalue weighted by molar-refractivity contribution is 7.99. The Balaban J connectivity index is 1.62. The van der Waals surface area contributed by atoms with E-state index in [1.54, 1.807) is 7.11 Å². The van der Waals surface area contributed by atoms with Crippen molar-refractivity contribution < 1.29 is 14.3 Å². The number of carbonyl (C=O) groups excluding carboxylic acids is 1. The molecule has 1 aromatic carbocycles. The highest BCUT2D eigenvalue weighted by Gasteiger charge is 2.25. The Morgan fingerprint density at radius 1 is 1.43 bits per heavy atom. The van der Waals surface area contributed by atoms with Crippen molar-refractivity contribution >= 4 is 28.7 Å². The molecule has 1 N–H and O–H groups in total. The van der Waals surface area contributed by atoms with Crippen LogP contribution < -0.4 is 4.74 Å². The molecule has 2 heterocycles. The molecule has 2 atom stereocenters. The maximum absolute atomic E-state index is 12.4. The van der Waals surface area contributed by atoms with Crippen LogP contribution in [0.2, 0.25) is 0 Å². The van der Waals surface area contributed by atoms with Crippen molar-refractivity contribution in [2.75, 3.05) is 26.0 Å². The molecule has 1 amide bonds. The Kier molecular flexibility index (Phi) is 4.77. The molecule has 124 valence electrons. The predicted molar refractivity (Wildman–Crippen MR) is 90.0 cm³/mol. The number of aromatic nitrogens is 2. The highest BCUT2D eigenvalue weighted by atomic mass is 32.2. The molecule has 1 aliphatic rings. The summed E-state index contributed by atoms with van der Waals surface area (Å²) in [6.45, 7) is 5.30. The lowest BCUT2D eigenvalue weighted by atomic mass is 10.2. The number of carbonyl (C=O) groups is 1. The summed E-state index contributed by atoms with van der Waals surface area (Å²) >= 11 is 1.42. The number of hydrogen-bond donors (Lipinski definition) is 1. The number of thioether (sulfide) groups is 1. The number of morpholine rings is 1. The number of nitrogens with one attached hydrogen (secondary N) is 1. The molecule has 23 heavy (non-hydrogen) atoms. The molecule has 0 radical (unpaired) electrons. The van der Waals surface area contributed by atoms with E-state index in [4.69, 9.17) is 9.47 Å². The van der Waals surface area contributed by atoms with E-state index in [9.17, 15) is 4.79 Å². The first-order valence-corrected chi connectivity index (χ1v) is 8.63. The van der Waals surface area contributed by atoms with Gasteiger partial charge in [0.1, 0.15) is 5.75 Å². The van der Waals surface area contributed by atoms with Gasteiger partial charge in [0, 0.05) is 19.2 Å². The monoisotopic (exact) mass is 335 g/mol. The van der Waals surface area contributed by atoms with Crippen LogP contribution in [0.3, 0.4) is 0 Å². The van der Waals surface area contributed by atoms with Crippen LogP contribution in [0, 0.1) is 0 Å². The third kappa shape index (κ3) is 3.79. The van der Waals surface area contributed by atoms with Crippen LogP contribution in [0.15, 0.2) is 23.4 Å². The fraction of sp³-hybridized carbons (Fsp3) is 0.500. The SMILES string of the molecule is COc1ccc2nc(SCC(=O)N3CC(C)OC(C)C3)[nH]c2c1. The molecule has 6 nitrogen and oxygen atoms in total. The van der Waals surface area contributed by atoms with Crippen LogP contribution >= 0.6 is 11.8 Å². The molecular weight excluding hydrogens is 314 g/mol. The lowest BCUT2D eigenvalue weighted by Crippen LogP contribution is -2.48. The number of fused-ring (bicyclic) bond motifs is 1. The number of benzene rings is 1. The average Bonchev–Trinajstić information content (AvgIpc) is 2.93. The van der Waals surface area contributed by atoms with Gasteiger partial charge in [-0.15, -0.1) is 0 Å². The van der Waals surface area contributed by atoms with Crippen molar-refractivity contribution in [2.24, 2.45) is 0 Å². The second-order valence-electron chi connectivity index (χ2n) is 5.77. The quantitative estimate of drug-likeness (QED) is 0.869. The van der Waals surface area contributed by atoms with E-state index < -0.39 is 0 Å². The van der Waals surface area contributed by atoms with Gasteiger partial charge in [0.2, 0.25) is 5.91 Å². The predicted octanol–water partition coefficient (Wildman–Crippen LogP) is 2.30. The van der Waals surface area contributed by atoms with E-state index in [0.717, 1.165) is 21.9 Å². The molecule has 1 aliphatic heterocycles. The standard InChI is InChI=1S/C16H21N3O3S/c1-10-7-19(8-11(2)22-10)15(20)9-23-16-17-13-5-4-12(21-3)6-14(13)18-16/h4-6,10-11H,7-9H2,1-3H3,(H,17,18). The lowest BCUT2D eigenvalue weighted by molar-refractivity contribution is -0.140. The van der Waals surface area contributed by atoms with Gasteiger partial charge in [-0.1, -0.05) is 11.8 Å². The van der Waals surface area contributed by atoms with Crippen molar-refractivity contribution in [3.63, 3.8) is 0 Å². The topological polar surface area (TPSA) is 67.4 Å². The molecule has 0 spiro atoms. The largest absolute Gasteiger partial charge is 0.497 e.